The van der Waals surface area contributed by atoms with Gasteiger partial charge in [0, 0.05) is 0 Å². The normalized spacial score (nSPS) is 10.9. The van der Waals surface area contributed by atoms with Crippen LogP contribution in [0.4, 0.5) is 0 Å². The quantitative estimate of drug-likeness (QED) is 0.592. The van der Waals surface area contributed by atoms with Crippen molar-refractivity contribution in [3.8, 4) is 11.5 Å². The molecule has 0 bridgehead atoms. The zero-order valence-corrected chi connectivity index (χ0v) is 13.3. The molecule has 1 aromatic heterocycles. The maximum atomic E-state index is 12.2. The first-order chi connectivity index (χ1) is 10.5. The van der Waals surface area contributed by atoms with E-state index in [0.717, 1.165) is 11.3 Å². The fourth-order valence-corrected chi connectivity index (χ4v) is 2.20. The summed E-state index contributed by atoms with van der Waals surface area (Å²) in [5, 5.41) is 0. The van der Waals surface area contributed by atoms with Crippen LogP contribution in [0.5, 0.6) is 11.5 Å². The Hall–Kier alpha value is -2.49. The van der Waals surface area contributed by atoms with Crippen LogP contribution in [0.2, 0.25) is 0 Å². The SMILES string of the molecule is CCOc1ccc(/C=C/C(=O)c2cc(C)oc2C)cc1OC. The van der Waals surface area contributed by atoms with Gasteiger partial charge in [0.05, 0.1) is 19.3 Å². The molecule has 4 heteroatoms. The van der Waals surface area contributed by atoms with Gasteiger partial charge in [0.2, 0.25) is 0 Å². The fraction of sp³-hybridized carbons (Fsp3) is 0.278. The number of carbonyl (C=O) groups excluding carboxylic acids is 1. The number of allylic oxidation sites excluding steroid dienone is 1. The molecule has 4 nitrogen and oxygen atoms in total. The second-order valence-electron chi connectivity index (χ2n) is 4.87. The minimum atomic E-state index is -0.0813. The van der Waals surface area contributed by atoms with Crippen molar-refractivity contribution in [3.63, 3.8) is 0 Å². The molecule has 0 saturated carbocycles. The van der Waals surface area contributed by atoms with Crippen LogP contribution < -0.4 is 9.47 Å². The maximum absolute atomic E-state index is 12.2. The van der Waals surface area contributed by atoms with Gasteiger partial charge in [0.1, 0.15) is 11.5 Å². The van der Waals surface area contributed by atoms with E-state index in [-0.39, 0.29) is 5.78 Å². The van der Waals surface area contributed by atoms with Gasteiger partial charge in [0.25, 0.3) is 0 Å². The monoisotopic (exact) mass is 300 g/mol. The highest BCUT2D eigenvalue weighted by molar-refractivity contribution is 6.07. The molecular formula is C18H20O4. The molecule has 0 unspecified atom stereocenters. The summed E-state index contributed by atoms with van der Waals surface area (Å²) in [4.78, 5) is 12.2. The van der Waals surface area contributed by atoms with Crippen molar-refractivity contribution in [2.45, 2.75) is 20.8 Å². The third-order valence-electron chi connectivity index (χ3n) is 3.22. The zero-order valence-electron chi connectivity index (χ0n) is 13.3. The van der Waals surface area contributed by atoms with E-state index in [0.29, 0.717) is 29.4 Å². The molecule has 0 aliphatic heterocycles. The van der Waals surface area contributed by atoms with Crippen molar-refractivity contribution < 1.29 is 18.7 Å². The zero-order chi connectivity index (χ0) is 16.1. The maximum Gasteiger partial charge on any atom is 0.189 e. The lowest BCUT2D eigenvalue weighted by Crippen LogP contribution is -1.96. The molecule has 2 aromatic rings. The predicted molar refractivity (Wildman–Crippen MR) is 85.7 cm³/mol. The van der Waals surface area contributed by atoms with Crippen LogP contribution in [0.3, 0.4) is 0 Å². The number of hydrogen-bond acceptors (Lipinski definition) is 4. The molecule has 2 rings (SSSR count). The number of carbonyl (C=O) groups is 1. The number of ether oxygens (including phenoxy) is 2. The highest BCUT2D eigenvalue weighted by Gasteiger charge is 2.10. The van der Waals surface area contributed by atoms with Gasteiger partial charge in [0.15, 0.2) is 17.3 Å². The Labute approximate surface area is 130 Å². The van der Waals surface area contributed by atoms with Gasteiger partial charge in [-0.25, -0.2) is 0 Å². The van der Waals surface area contributed by atoms with Crippen LogP contribution in [0.25, 0.3) is 6.08 Å². The van der Waals surface area contributed by atoms with Crippen molar-refractivity contribution in [3.05, 3.63) is 53.0 Å². The fourth-order valence-electron chi connectivity index (χ4n) is 2.20. The highest BCUT2D eigenvalue weighted by atomic mass is 16.5. The van der Waals surface area contributed by atoms with Gasteiger partial charge in [-0.15, -0.1) is 0 Å². The average molecular weight is 300 g/mol. The number of aryl methyl sites for hydroxylation is 2. The van der Waals surface area contributed by atoms with Crippen LogP contribution in [0.15, 0.2) is 34.8 Å². The molecule has 1 aromatic carbocycles. The molecule has 116 valence electrons. The van der Waals surface area contributed by atoms with E-state index in [2.05, 4.69) is 0 Å². The lowest BCUT2D eigenvalue weighted by molar-refractivity contribution is 0.104. The number of benzene rings is 1. The van der Waals surface area contributed by atoms with Crippen molar-refractivity contribution in [1.82, 2.24) is 0 Å². The van der Waals surface area contributed by atoms with Crippen molar-refractivity contribution >= 4 is 11.9 Å². The minimum Gasteiger partial charge on any atom is -0.493 e. The summed E-state index contributed by atoms with van der Waals surface area (Å²) in [7, 11) is 1.59. The van der Waals surface area contributed by atoms with Crippen LogP contribution in [-0.2, 0) is 0 Å². The number of rotatable bonds is 6. The molecular weight excluding hydrogens is 280 g/mol. The van der Waals surface area contributed by atoms with E-state index in [1.807, 2.05) is 32.0 Å². The number of hydrogen-bond donors (Lipinski definition) is 0. The highest BCUT2D eigenvalue weighted by Crippen LogP contribution is 2.28. The average Bonchev–Trinajstić information content (AvgIpc) is 2.85. The third-order valence-corrected chi connectivity index (χ3v) is 3.22. The number of methoxy groups -OCH3 is 1. The Morgan fingerprint density at radius 1 is 1.23 bits per heavy atom. The first-order valence-electron chi connectivity index (χ1n) is 7.15. The van der Waals surface area contributed by atoms with E-state index in [4.69, 9.17) is 13.9 Å². The minimum absolute atomic E-state index is 0.0813. The van der Waals surface area contributed by atoms with E-state index < -0.39 is 0 Å². The molecule has 0 aliphatic rings. The van der Waals surface area contributed by atoms with Gasteiger partial charge in [-0.1, -0.05) is 12.1 Å². The summed E-state index contributed by atoms with van der Waals surface area (Å²) >= 11 is 0. The molecule has 0 N–H and O–H groups in total. The Kier molecular flexibility index (Phi) is 5.04. The Morgan fingerprint density at radius 2 is 2.00 bits per heavy atom. The summed E-state index contributed by atoms with van der Waals surface area (Å²) in [6, 6.07) is 7.30. The van der Waals surface area contributed by atoms with Crippen LogP contribution in [0.1, 0.15) is 34.4 Å². The topological polar surface area (TPSA) is 48.7 Å². The summed E-state index contributed by atoms with van der Waals surface area (Å²) in [5.74, 6) is 2.62. The summed E-state index contributed by atoms with van der Waals surface area (Å²) in [6.45, 7) is 6.10. The second-order valence-corrected chi connectivity index (χ2v) is 4.87. The molecule has 1 heterocycles. The first kappa shape index (κ1) is 15.9. The Balaban J connectivity index is 2.19. The van der Waals surface area contributed by atoms with Crippen LogP contribution in [-0.4, -0.2) is 19.5 Å². The summed E-state index contributed by atoms with van der Waals surface area (Å²) in [6.07, 6.45) is 3.29. The largest absolute Gasteiger partial charge is 0.493 e. The van der Waals surface area contributed by atoms with E-state index >= 15 is 0 Å². The smallest absolute Gasteiger partial charge is 0.189 e. The lowest BCUT2D eigenvalue weighted by atomic mass is 10.1. The van der Waals surface area contributed by atoms with Gasteiger partial charge in [-0.2, -0.15) is 0 Å². The standard InChI is InChI=1S/C18H20O4/c1-5-21-17-9-7-14(11-18(17)20-4)6-8-16(19)15-10-12(2)22-13(15)3/h6-11H,5H2,1-4H3/b8-6+. The number of furan rings is 1. The van der Waals surface area contributed by atoms with E-state index in [1.165, 1.54) is 6.08 Å². The molecule has 0 atom stereocenters. The van der Waals surface area contributed by atoms with E-state index in [1.54, 1.807) is 26.2 Å². The second kappa shape index (κ2) is 6.98. The molecule has 0 radical (unpaired) electrons. The van der Waals surface area contributed by atoms with Crippen molar-refractivity contribution in [1.29, 1.82) is 0 Å². The molecule has 22 heavy (non-hydrogen) atoms. The summed E-state index contributed by atoms with van der Waals surface area (Å²) < 4.78 is 16.1. The lowest BCUT2D eigenvalue weighted by Gasteiger charge is -2.09. The molecule has 0 saturated heterocycles. The van der Waals surface area contributed by atoms with Crippen molar-refractivity contribution in [2.75, 3.05) is 13.7 Å². The summed E-state index contributed by atoms with van der Waals surface area (Å²) in [5.41, 5.74) is 1.46. The van der Waals surface area contributed by atoms with Crippen molar-refractivity contribution in [2.24, 2.45) is 0 Å². The first-order valence-corrected chi connectivity index (χ1v) is 7.15. The molecule has 0 fully saturated rings. The Morgan fingerprint density at radius 3 is 2.59 bits per heavy atom. The van der Waals surface area contributed by atoms with Crippen LogP contribution in [0, 0.1) is 13.8 Å². The van der Waals surface area contributed by atoms with Gasteiger partial charge in [-0.3, -0.25) is 4.79 Å². The number of ketones is 1. The predicted octanol–water partition coefficient (Wildman–Crippen LogP) is 4.20. The molecule has 0 spiro atoms. The van der Waals surface area contributed by atoms with Gasteiger partial charge < -0.3 is 13.9 Å². The van der Waals surface area contributed by atoms with Gasteiger partial charge in [-0.05, 0) is 50.6 Å². The van der Waals surface area contributed by atoms with Crippen LogP contribution >= 0.6 is 0 Å². The third kappa shape index (κ3) is 3.58. The van der Waals surface area contributed by atoms with E-state index in [9.17, 15) is 4.79 Å². The molecule has 0 aliphatic carbocycles. The molecule has 0 amide bonds. The van der Waals surface area contributed by atoms with Gasteiger partial charge >= 0.3 is 0 Å². The Bertz CT molecular complexity index is 695.